The van der Waals surface area contributed by atoms with Gasteiger partial charge in [-0.3, -0.25) is 19.4 Å². The molecule has 9 heteroatoms. The molecule has 1 heterocycles. The number of aliphatic imine (C=N–C) groups is 1. The van der Waals surface area contributed by atoms with Crippen LogP contribution in [-0.4, -0.2) is 52.3 Å². The Balaban J connectivity index is 1.52. The van der Waals surface area contributed by atoms with Gasteiger partial charge in [-0.25, -0.2) is 0 Å². The van der Waals surface area contributed by atoms with Crippen LogP contribution >= 0.6 is 23.2 Å². The molecule has 1 saturated carbocycles. The van der Waals surface area contributed by atoms with E-state index in [0.717, 1.165) is 24.8 Å². The van der Waals surface area contributed by atoms with Crippen molar-refractivity contribution in [2.24, 2.45) is 16.8 Å². The van der Waals surface area contributed by atoms with Crippen LogP contribution in [0.4, 0.5) is 0 Å². The molecule has 4 rings (SSSR count). The molecule has 2 aromatic rings. The van der Waals surface area contributed by atoms with Gasteiger partial charge >= 0.3 is 5.97 Å². The fraction of sp³-hybridized carbons (Fsp3) is 0.429. The molecular formula is C28H31Cl2N3O4. The second-order valence-corrected chi connectivity index (χ2v) is 11.1. The molecule has 1 spiro atoms. The van der Waals surface area contributed by atoms with E-state index in [0.29, 0.717) is 51.7 Å². The van der Waals surface area contributed by atoms with Gasteiger partial charge in [-0.1, -0.05) is 49.2 Å². The Kier molecular flexibility index (Phi) is 8.24. The van der Waals surface area contributed by atoms with Crippen LogP contribution in [0.1, 0.15) is 61.0 Å². The minimum atomic E-state index is -0.961. The lowest BCUT2D eigenvalue weighted by Crippen LogP contribution is -2.51. The average Bonchev–Trinajstić information content (AvgIpc) is 3.06. The number of carbonyl (C=O) groups excluding carboxylic acids is 2. The number of nitrogens with one attached hydrogen (secondary N) is 1. The van der Waals surface area contributed by atoms with E-state index < -0.39 is 11.6 Å². The lowest BCUT2D eigenvalue weighted by Gasteiger charge is -2.44. The van der Waals surface area contributed by atoms with Crippen molar-refractivity contribution in [3.8, 4) is 0 Å². The summed E-state index contributed by atoms with van der Waals surface area (Å²) < 4.78 is 0. The summed E-state index contributed by atoms with van der Waals surface area (Å²) in [7, 11) is 0. The van der Waals surface area contributed by atoms with Gasteiger partial charge in [-0.05, 0) is 73.4 Å². The van der Waals surface area contributed by atoms with Crippen molar-refractivity contribution < 1.29 is 19.5 Å². The highest BCUT2D eigenvalue weighted by Crippen LogP contribution is 2.44. The molecule has 0 bridgehead atoms. The number of amides is 2. The monoisotopic (exact) mass is 543 g/mol. The van der Waals surface area contributed by atoms with Gasteiger partial charge in [0.25, 0.3) is 11.8 Å². The number of hydrogen-bond donors (Lipinski definition) is 2. The van der Waals surface area contributed by atoms with Gasteiger partial charge in [0.05, 0.1) is 6.42 Å². The second-order valence-electron chi connectivity index (χ2n) is 10.3. The molecule has 0 radical (unpaired) electrons. The van der Waals surface area contributed by atoms with E-state index in [1.54, 1.807) is 30.3 Å². The molecule has 0 saturated heterocycles. The first kappa shape index (κ1) is 27.1. The van der Waals surface area contributed by atoms with Crippen LogP contribution in [0.25, 0.3) is 0 Å². The van der Waals surface area contributed by atoms with Crippen molar-refractivity contribution in [3.05, 3.63) is 69.2 Å². The molecule has 37 heavy (non-hydrogen) atoms. The number of hydrogen-bond acceptors (Lipinski definition) is 4. The van der Waals surface area contributed by atoms with Crippen LogP contribution in [-0.2, 0) is 16.0 Å². The van der Waals surface area contributed by atoms with Crippen LogP contribution in [0.2, 0.25) is 10.0 Å². The molecule has 2 unspecified atom stereocenters. The zero-order valence-electron chi connectivity index (χ0n) is 21.0. The minimum Gasteiger partial charge on any atom is -0.481 e. The third kappa shape index (κ3) is 6.33. The van der Waals surface area contributed by atoms with Gasteiger partial charge in [0.15, 0.2) is 0 Å². The molecule has 1 fully saturated rings. The Hall–Kier alpha value is -2.90. The lowest BCUT2D eigenvalue weighted by atomic mass is 9.76. The predicted octanol–water partition coefficient (Wildman–Crippen LogP) is 5.22. The summed E-state index contributed by atoms with van der Waals surface area (Å²) in [6.45, 7) is 4.99. The summed E-state index contributed by atoms with van der Waals surface area (Å²) >= 11 is 12.5. The maximum absolute atomic E-state index is 13.7. The van der Waals surface area contributed by atoms with Crippen molar-refractivity contribution in [3.63, 3.8) is 0 Å². The quantitative estimate of drug-likeness (QED) is 0.476. The zero-order valence-corrected chi connectivity index (χ0v) is 22.5. The molecular weight excluding hydrogens is 513 g/mol. The van der Waals surface area contributed by atoms with E-state index in [-0.39, 0.29) is 24.8 Å². The molecule has 1 aliphatic carbocycles. The van der Waals surface area contributed by atoms with Crippen LogP contribution in [0.15, 0.2) is 47.5 Å². The summed E-state index contributed by atoms with van der Waals surface area (Å²) in [5, 5.41) is 12.3. The summed E-state index contributed by atoms with van der Waals surface area (Å²) in [4.78, 5) is 43.6. The summed E-state index contributed by atoms with van der Waals surface area (Å²) in [5.74, 6) is -0.524. The fourth-order valence-electron chi connectivity index (χ4n) is 5.63. The maximum Gasteiger partial charge on any atom is 0.305 e. The Labute approximate surface area is 226 Å². The van der Waals surface area contributed by atoms with Crippen LogP contribution in [0.3, 0.4) is 0 Å². The van der Waals surface area contributed by atoms with E-state index >= 15 is 0 Å². The number of aliphatic carboxylic acids is 1. The maximum atomic E-state index is 13.7. The zero-order chi connectivity index (χ0) is 26.7. The smallest absolute Gasteiger partial charge is 0.305 e. The van der Waals surface area contributed by atoms with Gasteiger partial charge in [-0.15, -0.1) is 0 Å². The number of carboxylic acids is 1. The lowest BCUT2D eigenvalue weighted by molar-refractivity contribution is -0.136. The highest BCUT2D eigenvalue weighted by atomic mass is 35.5. The normalized spacial score (nSPS) is 23.3. The van der Waals surface area contributed by atoms with E-state index in [2.05, 4.69) is 19.2 Å². The average molecular weight is 544 g/mol. The Morgan fingerprint density at radius 2 is 1.70 bits per heavy atom. The molecule has 7 nitrogen and oxygen atoms in total. The predicted molar refractivity (Wildman–Crippen MR) is 144 cm³/mol. The van der Waals surface area contributed by atoms with Crippen molar-refractivity contribution in [2.45, 2.75) is 51.6 Å². The molecule has 2 N–H and O–H groups in total. The third-order valence-corrected chi connectivity index (χ3v) is 7.46. The minimum absolute atomic E-state index is 0.0755. The molecule has 0 aromatic heterocycles. The number of carboxylic acid groups (broad SMARTS) is 1. The number of carbonyl (C=O) groups is 3. The first-order valence-electron chi connectivity index (χ1n) is 12.5. The fourth-order valence-corrected chi connectivity index (χ4v) is 6.16. The van der Waals surface area contributed by atoms with Crippen LogP contribution in [0, 0.1) is 11.8 Å². The van der Waals surface area contributed by atoms with Crippen molar-refractivity contribution in [1.29, 1.82) is 0 Å². The Morgan fingerprint density at radius 1 is 1.08 bits per heavy atom. The van der Waals surface area contributed by atoms with Crippen LogP contribution in [0.5, 0.6) is 0 Å². The molecule has 196 valence electrons. The van der Waals surface area contributed by atoms with Crippen molar-refractivity contribution in [1.82, 2.24) is 10.2 Å². The topological polar surface area (TPSA) is 99.1 Å². The van der Waals surface area contributed by atoms with Gasteiger partial charge in [0, 0.05) is 34.3 Å². The van der Waals surface area contributed by atoms with Gasteiger partial charge < -0.3 is 15.3 Å². The van der Waals surface area contributed by atoms with E-state index in [9.17, 15) is 14.4 Å². The van der Waals surface area contributed by atoms with E-state index in [1.165, 1.54) is 0 Å². The van der Waals surface area contributed by atoms with Gasteiger partial charge in [0.2, 0.25) is 0 Å². The summed E-state index contributed by atoms with van der Waals surface area (Å²) in [6, 6.07) is 12.3. The van der Waals surface area contributed by atoms with Crippen molar-refractivity contribution >= 4 is 46.7 Å². The highest BCUT2D eigenvalue weighted by Gasteiger charge is 2.50. The first-order valence-corrected chi connectivity index (χ1v) is 13.3. The molecule has 1 aliphatic heterocycles. The largest absolute Gasteiger partial charge is 0.481 e. The molecule has 2 aliphatic rings. The Morgan fingerprint density at radius 3 is 2.30 bits per heavy atom. The SMILES string of the molecule is CC1CC(C)CC2(C1)N=C(c1cc(Cl)cc(Cl)c1)C(=O)N2CCc1ccc(C(=O)NCCC(=O)O)cc1. The van der Waals surface area contributed by atoms with Crippen molar-refractivity contribution in [2.75, 3.05) is 13.1 Å². The third-order valence-electron chi connectivity index (χ3n) is 7.03. The standard InChI is InChI=1S/C28H31Cl2N3O4/c1-17-11-18(2)16-28(15-17)32-25(21-12-22(29)14-23(30)13-21)27(37)33(28)10-8-19-3-5-20(6-4-19)26(36)31-9-7-24(34)35/h3-6,12-14,17-18H,7-11,15-16H2,1-2H3,(H,31,36)(H,34,35). The number of benzene rings is 2. The number of halogens is 2. The van der Waals surface area contributed by atoms with Gasteiger partial charge in [-0.2, -0.15) is 0 Å². The van der Waals surface area contributed by atoms with E-state index in [1.807, 2.05) is 17.0 Å². The molecule has 2 aromatic carbocycles. The number of rotatable bonds is 8. The van der Waals surface area contributed by atoms with Gasteiger partial charge in [0.1, 0.15) is 11.4 Å². The molecule has 2 atom stereocenters. The summed E-state index contributed by atoms with van der Waals surface area (Å²) in [6.07, 6.45) is 3.19. The second kappa shape index (κ2) is 11.2. The van der Waals surface area contributed by atoms with E-state index in [4.69, 9.17) is 33.3 Å². The Bertz CT molecular complexity index is 1200. The summed E-state index contributed by atoms with van der Waals surface area (Å²) in [5.41, 5.74) is 1.89. The van der Waals surface area contributed by atoms with Crippen LogP contribution < -0.4 is 5.32 Å². The number of nitrogens with zero attached hydrogens (tertiary/aromatic N) is 2. The molecule has 2 amide bonds. The highest BCUT2D eigenvalue weighted by molar-refractivity contribution is 6.47. The first-order chi connectivity index (χ1) is 17.6.